The van der Waals surface area contributed by atoms with Gasteiger partial charge in [-0.05, 0) is 36.6 Å². The predicted octanol–water partition coefficient (Wildman–Crippen LogP) is 2.15. The quantitative estimate of drug-likeness (QED) is 0.787. The number of rotatable bonds is 3. The lowest BCUT2D eigenvalue weighted by atomic mass is 10.2. The van der Waals surface area contributed by atoms with E-state index in [1.54, 1.807) is 18.5 Å². The molecule has 0 aromatic carbocycles. The van der Waals surface area contributed by atoms with Crippen LogP contribution in [0.1, 0.15) is 31.2 Å². The van der Waals surface area contributed by atoms with Gasteiger partial charge in [-0.2, -0.15) is 0 Å². The first-order valence-electron chi connectivity index (χ1n) is 5.73. The highest BCUT2D eigenvalue weighted by Crippen LogP contribution is 2.17. The summed E-state index contributed by atoms with van der Waals surface area (Å²) in [5.41, 5.74) is 0.997. The van der Waals surface area contributed by atoms with E-state index in [1.165, 1.54) is 12.8 Å². The van der Waals surface area contributed by atoms with Crippen molar-refractivity contribution in [3.8, 4) is 0 Å². The lowest BCUT2D eigenvalue weighted by molar-refractivity contribution is -0.117. The first kappa shape index (κ1) is 10.9. The molecule has 2 rings (SSSR count). The van der Waals surface area contributed by atoms with E-state index in [1.807, 2.05) is 18.2 Å². The average molecular weight is 216 g/mol. The van der Waals surface area contributed by atoms with Crippen molar-refractivity contribution >= 4 is 12.0 Å². The van der Waals surface area contributed by atoms with E-state index in [2.05, 4.69) is 10.3 Å². The lowest BCUT2D eigenvalue weighted by Gasteiger charge is -2.08. The molecular formula is C13H16N2O. The van der Waals surface area contributed by atoms with Crippen molar-refractivity contribution in [2.75, 3.05) is 0 Å². The minimum Gasteiger partial charge on any atom is -0.350 e. The van der Waals surface area contributed by atoms with Gasteiger partial charge >= 0.3 is 0 Å². The molecule has 1 aromatic heterocycles. The second kappa shape index (κ2) is 5.45. The summed E-state index contributed by atoms with van der Waals surface area (Å²) < 4.78 is 0. The summed E-state index contributed by atoms with van der Waals surface area (Å²) in [6.07, 6.45) is 11.5. The molecule has 1 fully saturated rings. The Kier molecular flexibility index (Phi) is 3.70. The molecule has 3 heteroatoms. The van der Waals surface area contributed by atoms with Crippen LogP contribution in [0.25, 0.3) is 6.08 Å². The van der Waals surface area contributed by atoms with E-state index >= 15 is 0 Å². The molecule has 1 heterocycles. The van der Waals surface area contributed by atoms with Crippen molar-refractivity contribution in [1.82, 2.24) is 10.3 Å². The third-order valence-corrected chi connectivity index (χ3v) is 2.83. The largest absolute Gasteiger partial charge is 0.350 e. The van der Waals surface area contributed by atoms with E-state index in [0.717, 1.165) is 18.4 Å². The molecule has 16 heavy (non-hydrogen) atoms. The van der Waals surface area contributed by atoms with E-state index in [9.17, 15) is 4.79 Å². The lowest BCUT2D eigenvalue weighted by Crippen LogP contribution is -2.30. The fraction of sp³-hybridized carbons (Fsp3) is 0.385. The number of hydrogen-bond donors (Lipinski definition) is 1. The maximum atomic E-state index is 11.6. The van der Waals surface area contributed by atoms with Gasteiger partial charge in [-0.25, -0.2) is 0 Å². The van der Waals surface area contributed by atoms with Crippen molar-refractivity contribution in [1.29, 1.82) is 0 Å². The molecule has 0 aliphatic heterocycles. The number of carbonyl (C=O) groups excluding carboxylic acids is 1. The number of aromatic nitrogens is 1. The Morgan fingerprint density at radius 1 is 1.31 bits per heavy atom. The molecule has 3 nitrogen and oxygen atoms in total. The minimum absolute atomic E-state index is 0.00344. The smallest absolute Gasteiger partial charge is 0.244 e. The summed E-state index contributed by atoms with van der Waals surface area (Å²) in [4.78, 5) is 15.5. The predicted molar refractivity (Wildman–Crippen MR) is 63.7 cm³/mol. The molecule has 1 saturated carbocycles. The van der Waals surface area contributed by atoms with Gasteiger partial charge < -0.3 is 5.32 Å². The standard InChI is InChI=1S/C13H16N2O/c16-13(15-12-3-1-2-4-12)6-5-11-7-9-14-10-8-11/h5-10,12H,1-4H2,(H,15,16)/b6-5+. The van der Waals surface area contributed by atoms with Gasteiger partial charge in [0.05, 0.1) is 0 Å². The highest BCUT2D eigenvalue weighted by molar-refractivity contribution is 5.91. The SMILES string of the molecule is O=C(/C=C/c1ccncc1)NC1CCCC1. The molecule has 1 amide bonds. The van der Waals surface area contributed by atoms with Crippen LogP contribution in [-0.4, -0.2) is 16.9 Å². The normalized spacial score (nSPS) is 16.8. The van der Waals surface area contributed by atoms with Crippen LogP contribution in [0, 0.1) is 0 Å². The summed E-state index contributed by atoms with van der Waals surface area (Å²) in [6.45, 7) is 0. The first-order valence-corrected chi connectivity index (χ1v) is 5.73. The third-order valence-electron chi connectivity index (χ3n) is 2.83. The molecule has 84 valence electrons. The average Bonchev–Trinajstić information content (AvgIpc) is 2.81. The van der Waals surface area contributed by atoms with Gasteiger partial charge in [0.25, 0.3) is 0 Å². The Labute approximate surface area is 95.6 Å². The number of pyridine rings is 1. The summed E-state index contributed by atoms with van der Waals surface area (Å²) in [6, 6.07) is 4.13. The number of nitrogens with one attached hydrogen (secondary N) is 1. The molecule has 1 N–H and O–H groups in total. The molecule has 0 saturated heterocycles. The molecule has 1 aliphatic carbocycles. The van der Waals surface area contributed by atoms with Crippen LogP contribution in [0.15, 0.2) is 30.6 Å². The van der Waals surface area contributed by atoms with Crippen molar-refractivity contribution < 1.29 is 4.79 Å². The van der Waals surface area contributed by atoms with Crippen LogP contribution in [0.5, 0.6) is 0 Å². The van der Waals surface area contributed by atoms with Crippen molar-refractivity contribution in [2.24, 2.45) is 0 Å². The molecular weight excluding hydrogens is 200 g/mol. The maximum absolute atomic E-state index is 11.6. The summed E-state index contributed by atoms with van der Waals surface area (Å²) in [7, 11) is 0. The van der Waals surface area contributed by atoms with Crippen LogP contribution in [0.3, 0.4) is 0 Å². The Morgan fingerprint density at radius 3 is 2.69 bits per heavy atom. The van der Waals surface area contributed by atoms with Crippen LogP contribution in [0.2, 0.25) is 0 Å². The Balaban J connectivity index is 1.84. The van der Waals surface area contributed by atoms with Gasteiger partial charge in [-0.1, -0.05) is 12.8 Å². The van der Waals surface area contributed by atoms with Gasteiger partial charge in [0.15, 0.2) is 0 Å². The third kappa shape index (κ3) is 3.19. The van der Waals surface area contributed by atoms with E-state index in [-0.39, 0.29) is 5.91 Å². The maximum Gasteiger partial charge on any atom is 0.244 e. The number of nitrogens with zero attached hydrogens (tertiary/aromatic N) is 1. The number of carbonyl (C=O) groups is 1. The zero-order chi connectivity index (χ0) is 11.2. The van der Waals surface area contributed by atoms with Crippen LogP contribution in [-0.2, 0) is 4.79 Å². The molecule has 1 aliphatic rings. The van der Waals surface area contributed by atoms with E-state index in [4.69, 9.17) is 0 Å². The summed E-state index contributed by atoms with van der Waals surface area (Å²) >= 11 is 0. The first-order chi connectivity index (χ1) is 7.84. The van der Waals surface area contributed by atoms with Gasteiger partial charge in [0, 0.05) is 24.5 Å². The molecule has 0 radical (unpaired) electrons. The fourth-order valence-corrected chi connectivity index (χ4v) is 1.97. The minimum atomic E-state index is 0.00344. The van der Waals surface area contributed by atoms with Gasteiger partial charge in [-0.3, -0.25) is 9.78 Å². The number of hydrogen-bond acceptors (Lipinski definition) is 2. The Bertz CT molecular complexity index is 367. The summed E-state index contributed by atoms with van der Waals surface area (Å²) in [5.74, 6) is 0.00344. The monoisotopic (exact) mass is 216 g/mol. The second-order valence-corrected chi connectivity index (χ2v) is 4.10. The highest BCUT2D eigenvalue weighted by atomic mass is 16.1. The van der Waals surface area contributed by atoms with Crippen LogP contribution < -0.4 is 5.32 Å². The topological polar surface area (TPSA) is 42.0 Å². The van der Waals surface area contributed by atoms with Crippen LogP contribution >= 0.6 is 0 Å². The summed E-state index contributed by atoms with van der Waals surface area (Å²) in [5, 5.41) is 3.01. The second-order valence-electron chi connectivity index (χ2n) is 4.10. The Morgan fingerprint density at radius 2 is 2.00 bits per heavy atom. The van der Waals surface area contributed by atoms with E-state index in [0.29, 0.717) is 6.04 Å². The Hall–Kier alpha value is -1.64. The molecule has 0 atom stereocenters. The fourth-order valence-electron chi connectivity index (χ4n) is 1.97. The van der Waals surface area contributed by atoms with Gasteiger partial charge in [0.2, 0.25) is 5.91 Å². The van der Waals surface area contributed by atoms with Gasteiger partial charge in [0.1, 0.15) is 0 Å². The molecule has 0 spiro atoms. The van der Waals surface area contributed by atoms with Crippen molar-refractivity contribution in [3.63, 3.8) is 0 Å². The zero-order valence-electron chi connectivity index (χ0n) is 9.23. The molecule has 1 aromatic rings. The van der Waals surface area contributed by atoms with Crippen LogP contribution in [0.4, 0.5) is 0 Å². The number of amides is 1. The highest BCUT2D eigenvalue weighted by Gasteiger charge is 2.15. The zero-order valence-corrected chi connectivity index (χ0v) is 9.23. The molecule has 0 bridgehead atoms. The van der Waals surface area contributed by atoms with E-state index < -0.39 is 0 Å². The van der Waals surface area contributed by atoms with Crippen molar-refractivity contribution in [2.45, 2.75) is 31.7 Å². The van der Waals surface area contributed by atoms with Gasteiger partial charge in [-0.15, -0.1) is 0 Å². The molecule has 0 unspecified atom stereocenters. The van der Waals surface area contributed by atoms with Crippen molar-refractivity contribution in [3.05, 3.63) is 36.2 Å².